The maximum Gasteiger partial charge on any atom is 0.223 e. The van der Waals surface area contributed by atoms with E-state index in [2.05, 4.69) is 20.3 Å². The molecule has 2 aliphatic carbocycles. The largest absolute Gasteiger partial charge is 0.404 e. The Morgan fingerprint density at radius 2 is 2.04 bits per heavy atom. The Hall–Kier alpha value is -1.95. The lowest BCUT2D eigenvalue weighted by molar-refractivity contribution is 0.410. The molecular weight excluding hydrogens is 300 g/mol. The predicted molar refractivity (Wildman–Crippen MR) is 98.8 cm³/mol. The summed E-state index contributed by atoms with van der Waals surface area (Å²) in [5.41, 5.74) is 14.7. The smallest absolute Gasteiger partial charge is 0.223 e. The summed E-state index contributed by atoms with van der Waals surface area (Å²) in [7, 11) is 1.83. The average molecular weight is 328 g/mol. The Labute approximate surface area is 143 Å². The third-order valence-corrected chi connectivity index (χ3v) is 4.96. The van der Waals surface area contributed by atoms with Crippen LogP contribution in [0.15, 0.2) is 23.5 Å². The highest BCUT2D eigenvalue weighted by molar-refractivity contribution is 6.23. The number of hydrogen-bond acceptors (Lipinski definition) is 6. The molecule has 3 rings (SSSR count). The van der Waals surface area contributed by atoms with Gasteiger partial charge in [0.15, 0.2) is 0 Å². The minimum Gasteiger partial charge on any atom is -0.404 e. The Morgan fingerprint density at radius 1 is 1.29 bits per heavy atom. The zero-order chi connectivity index (χ0) is 16.9. The van der Waals surface area contributed by atoms with Gasteiger partial charge in [0.1, 0.15) is 0 Å². The van der Waals surface area contributed by atoms with Crippen molar-refractivity contribution in [3.8, 4) is 0 Å². The maximum absolute atomic E-state index is 5.97. The molecule has 1 aromatic heterocycles. The number of anilines is 1. The molecule has 1 aromatic rings. The molecule has 6 heteroatoms. The molecule has 0 bridgehead atoms. The number of allylic oxidation sites excluding steroid dienone is 1. The molecule has 1 heterocycles. The lowest BCUT2D eigenvalue weighted by atomic mass is 9.92. The van der Waals surface area contributed by atoms with Crippen molar-refractivity contribution in [1.82, 2.24) is 9.97 Å². The fourth-order valence-corrected chi connectivity index (χ4v) is 3.27. The first-order valence-electron chi connectivity index (χ1n) is 8.93. The lowest BCUT2D eigenvalue weighted by Gasteiger charge is -2.26. The first-order valence-corrected chi connectivity index (χ1v) is 8.93. The summed E-state index contributed by atoms with van der Waals surface area (Å²) in [5, 5.41) is 3.45. The van der Waals surface area contributed by atoms with Crippen molar-refractivity contribution in [2.24, 2.45) is 22.4 Å². The molecule has 0 aliphatic heterocycles. The van der Waals surface area contributed by atoms with Crippen molar-refractivity contribution in [3.63, 3.8) is 0 Å². The van der Waals surface area contributed by atoms with Gasteiger partial charge in [-0.05, 0) is 56.9 Å². The van der Waals surface area contributed by atoms with Gasteiger partial charge >= 0.3 is 0 Å². The molecule has 0 radical (unpaired) electrons. The van der Waals surface area contributed by atoms with Crippen LogP contribution in [0.2, 0.25) is 0 Å². The molecule has 0 unspecified atom stereocenters. The Balaban J connectivity index is 1.71. The van der Waals surface area contributed by atoms with Crippen LogP contribution in [0.4, 0.5) is 5.95 Å². The van der Waals surface area contributed by atoms with Gasteiger partial charge in [-0.25, -0.2) is 9.97 Å². The molecule has 130 valence electrons. The number of nitrogens with zero attached hydrogens (tertiary/aromatic N) is 3. The van der Waals surface area contributed by atoms with Crippen molar-refractivity contribution in [1.29, 1.82) is 0 Å². The van der Waals surface area contributed by atoms with Crippen molar-refractivity contribution in [2.45, 2.75) is 57.0 Å². The molecule has 6 nitrogen and oxygen atoms in total. The minimum atomic E-state index is 0.341. The van der Waals surface area contributed by atoms with Crippen molar-refractivity contribution >= 4 is 17.2 Å². The van der Waals surface area contributed by atoms with E-state index in [1.165, 1.54) is 12.8 Å². The van der Waals surface area contributed by atoms with Crippen LogP contribution in [0.5, 0.6) is 0 Å². The fourth-order valence-electron chi connectivity index (χ4n) is 3.27. The van der Waals surface area contributed by atoms with Crippen LogP contribution in [0, 0.1) is 5.92 Å². The molecule has 0 saturated heterocycles. The number of nitrogens with two attached hydrogens (primary N) is 2. The topological polar surface area (TPSA) is 102 Å². The molecule has 0 atom stereocenters. The summed E-state index contributed by atoms with van der Waals surface area (Å²) in [6.45, 7) is 0. The second-order valence-corrected chi connectivity index (χ2v) is 6.92. The summed E-state index contributed by atoms with van der Waals surface area (Å²) in [5.74, 6) is 1.42. The molecule has 2 saturated carbocycles. The Bertz CT molecular complexity index is 612. The standard InChI is InChI=1S/C18H28N6/c1-21-17(10-12-2-3-12)15(11-19)16-8-9-22-18(24-16)23-14-6-4-13(20)5-7-14/h8-9,11-14H,2-7,10,19-20H2,1H3,(H,22,23,24). The number of aromatic nitrogens is 2. The minimum absolute atomic E-state index is 0.341. The summed E-state index contributed by atoms with van der Waals surface area (Å²) >= 11 is 0. The van der Waals surface area contributed by atoms with E-state index in [0.717, 1.165) is 55.0 Å². The van der Waals surface area contributed by atoms with Gasteiger partial charge in [-0.3, -0.25) is 4.99 Å². The maximum atomic E-state index is 5.97. The fraction of sp³-hybridized carbons (Fsp3) is 0.611. The van der Waals surface area contributed by atoms with Gasteiger partial charge in [0.2, 0.25) is 5.95 Å². The van der Waals surface area contributed by atoms with Crippen LogP contribution in [0.25, 0.3) is 5.57 Å². The second kappa shape index (κ2) is 7.75. The highest BCUT2D eigenvalue weighted by Gasteiger charge is 2.25. The van der Waals surface area contributed by atoms with Crippen LogP contribution in [0.3, 0.4) is 0 Å². The van der Waals surface area contributed by atoms with E-state index in [9.17, 15) is 0 Å². The monoisotopic (exact) mass is 328 g/mol. The summed E-state index contributed by atoms with van der Waals surface area (Å²) < 4.78 is 0. The molecule has 0 aromatic carbocycles. The third-order valence-electron chi connectivity index (χ3n) is 4.96. The normalized spacial score (nSPS) is 25.6. The number of hydrogen-bond donors (Lipinski definition) is 3. The quantitative estimate of drug-likeness (QED) is 0.696. The summed E-state index contributed by atoms with van der Waals surface area (Å²) in [6, 6.07) is 2.64. The summed E-state index contributed by atoms with van der Waals surface area (Å²) in [4.78, 5) is 13.5. The van der Waals surface area contributed by atoms with Crippen molar-refractivity contribution in [3.05, 3.63) is 24.2 Å². The van der Waals surface area contributed by atoms with E-state index in [-0.39, 0.29) is 0 Å². The SMILES string of the molecule is CN=C(CC1CC1)C(=CN)c1ccnc(NC2CCC(N)CC2)n1. The predicted octanol–water partition coefficient (Wildman–Crippen LogP) is 2.33. The van der Waals surface area contributed by atoms with Crippen LogP contribution in [-0.2, 0) is 0 Å². The van der Waals surface area contributed by atoms with E-state index in [4.69, 9.17) is 11.5 Å². The summed E-state index contributed by atoms with van der Waals surface area (Å²) in [6.07, 6.45) is 11.2. The second-order valence-electron chi connectivity index (χ2n) is 6.92. The van der Waals surface area contributed by atoms with Gasteiger partial charge in [0, 0.05) is 42.8 Å². The zero-order valence-electron chi connectivity index (χ0n) is 14.4. The van der Waals surface area contributed by atoms with E-state index in [0.29, 0.717) is 18.0 Å². The first kappa shape index (κ1) is 16.9. The van der Waals surface area contributed by atoms with Crippen LogP contribution < -0.4 is 16.8 Å². The molecule has 0 amide bonds. The number of nitrogens with one attached hydrogen (secondary N) is 1. The molecule has 2 fully saturated rings. The van der Waals surface area contributed by atoms with Crippen molar-refractivity contribution in [2.75, 3.05) is 12.4 Å². The van der Waals surface area contributed by atoms with E-state index >= 15 is 0 Å². The van der Waals surface area contributed by atoms with Gasteiger partial charge in [-0.2, -0.15) is 0 Å². The highest BCUT2D eigenvalue weighted by Crippen LogP contribution is 2.35. The molecular formula is C18H28N6. The molecule has 2 aliphatic rings. The Kier molecular flexibility index (Phi) is 5.45. The third kappa shape index (κ3) is 4.32. The van der Waals surface area contributed by atoms with Gasteiger partial charge in [0.25, 0.3) is 0 Å². The van der Waals surface area contributed by atoms with Crippen molar-refractivity contribution < 1.29 is 0 Å². The molecule has 24 heavy (non-hydrogen) atoms. The number of rotatable bonds is 6. The molecule has 0 spiro atoms. The van der Waals surface area contributed by atoms with Crippen LogP contribution in [-0.4, -0.2) is 34.8 Å². The average Bonchev–Trinajstić information content (AvgIpc) is 3.41. The van der Waals surface area contributed by atoms with Gasteiger partial charge < -0.3 is 16.8 Å². The lowest BCUT2D eigenvalue weighted by Crippen LogP contribution is -2.33. The van der Waals surface area contributed by atoms with E-state index < -0.39 is 0 Å². The van der Waals surface area contributed by atoms with Gasteiger partial charge in [0.05, 0.1) is 5.69 Å². The highest BCUT2D eigenvalue weighted by atomic mass is 15.1. The molecule has 5 N–H and O–H groups in total. The van der Waals surface area contributed by atoms with E-state index in [1.54, 1.807) is 12.4 Å². The van der Waals surface area contributed by atoms with Gasteiger partial charge in [-0.1, -0.05) is 0 Å². The van der Waals surface area contributed by atoms with Crippen LogP contribution in [0.1, 0.15) is 50.6 Å². The number of aliphatic imine (C=N–C) groups is 1. The van der Waals surface area contributed by atoms with Crippen LogP contribution >= 0.6 is 0 Å². The van der Waals surface area contributed by atoms with Gasteiger partial charge in [-0.15, -0.1) is 0 Å². The zero-order valence-corrected chi connectivity index (χ0v) is 14.4. The van der Waals surface area contributed by atoms with E-state index in [1.807, 2.05) is 13.1 Å². The first-order chi connectivity index (χ1) is 11.7. The Morgan fingerprint density at radius 3 is 2.67 bits per heavy atom.